The maximum absolute atomic E-state index is 11.4. The highest BCUT2D eigenvalue weighted by Gasteiger charge is 2.32. The minimum atomic E-state index is -0.271. The third-order valence-electron chi connectivity index (χ3n) is 2.74. The smallest absolute Gasteiger partial charge is 0.143 e. The second-order valence-corrected chi connectivity index (χ2v) is 3.58. The van der Waals surface area contributed by atoms with Gasteiger partial charge in [-0.1, -0.05) is 20.3 Å². The Morgan fingerprint density at radius 3 is 1.92 bits per heavy atom. The lowest BCUT2D eigenvalue weighted by Crippen LogP contribution is -2.32. The first kappa shape index (κ1) is 9.43. The molecule has 2 heteroatoms. The molecule has 1 saturated carbocycles. The maximum atomic E-state index is 11.4. The molecule has 0 radical (unpaired) electrons. The fraction of sp³-hybridized carbons (Fsp3) is 0.800. The van der Waals surface area contributed by atoms with Gasteiger partial charge in [0.25, 0.3) is 0 Å². The van der Waals surface area contributed by atoms with E-state index in [1.54, 1.807) is 0 Å². The Morgan fingerprint density at radius 2 is 1.58 bits per heavy atom. The highest BCUT2D eigenvalue weighted by molar-refractivity contribution is 6.04. The summed E-state index contributed by atoms with van der Waals surface area (Å²) in [5, 5.41) is 0. The Balaban J connectivity index is 2.63. The Kier molecular flexibility index (Phi) is 3.01. The second kappa shape index (κ2) is 3.83. The van der Waals surface area contributed by atoms with Crippen LogP contribution in [0.15, 0.2) is 0 Å². The molecule has 0 unspecified atom stereocenters. The largest absolute Gasteiger partial charge is 0.299 e. The lowest BCUT2D eigenvalue weighted by Gasteiger charge is -2.24. The van der Waals surface area contributed by atoms with Crippen LogP contribution in [0.3, 0.4) is 0 Å². The van der Waals surface area contributed by atoms with E-state index in [1.165, 1.54) is 0 Å². The van der Waals surface area contributed by atoms with E-state index in [-0.39, 0.29) is 17.5 Å². The minimum Gasteiger partial charge on any atom is -0.299 e. The monoisotopic (exact) mass is 168 g/mol. The van der Waals surface area contributed by atoms with E-state index in [0.29, 0.717) is 25.2 Å². The van der Waals surface area contributed by atoms with Crippen LogP contribution >= 0.6 is 0 Å². The SMILES string of the molecule is CCC1CC(=O)C(CC)C(=O)C1. The number of carbonyl (C=O) groups excluding carboxylic acids is 2. The van der Waals surface area contributed by atoms with Crippen LogP contribution in [0.25, 0.3) is 0 Å². The van der Waals surface area contributed by atoms with Gasteiger partial charge in [-0.3, -0.25) is 9.59 Å². The predicted octanol–water partition coefficient (Wildman–Crippen LogP) is 1.97. The molecular weight excluding hydrogens is 152 g/mol. The van der Waals surface area contributed by atoms with Gasteiger partial charge in [0.15, 0.2) is 0 Å². The molecule has 2 nitrogen and oxygen atoms in total. The summed E-state index contributed by atoms with van der Waals surface area (Å²) in [6, 6.07) is 0. The number of carbonyl (C=O) groups is 2. The van der Waals surface area contributed by atoms with Crippen molar-refractivity contribution >= 4 is 11.6 Å². The third kappa shape index (κ3) is 1.74. The van der Waals surface area contributed by atoms with E-state index in [0.717, 1.165) is 6.42 Å². The molecular formula is C10H16O2. The van der Waals surface area contributed by atoms with Crippen LogP contribution in [0.2, 0.25) is 0 Å². The van der Waals surface area contributed by atoms with Crippen molar-refractivity contribution in [2.45, 2.75) is 39.5 Å². The van der Waals surface area contributed by atoms with Gasteiger partial charge in [-0.15, -0.1) is 0 Å². The predicted molar refractivity (Wildman–Crippen MR) is 46.8 cm³/mol. The molecule has 0 bridgehead atoms. The fourth-order valence-electron chi connectivity index (χ4n) is 1.85. The van der Waals surface area contributed by atoms with Crippen LogP contribution in [0.4, 0.5) is 0 Å². The zero-order valence-electron chi connectivity index (χ0n) is 7.80. The molecule has 0 aliphatic heterocycles. The van der Waals surface area contributed by atoms with Gasteiger partial charge in [-0.2, -0.15) is 0 Å². The summed E-state index contributed by atoms with van der Waals surface area (Å²) in [7, 11) is 0. The summed E-state index contributed by atoms with van der Waals surface area (Å²) >= 11 is 0. The molecule has 0 atom stereocenters. The number of Topliss-reactive ketones (excluding diaryl/α,β-unsaturated/α-hetero) is 2. The topological polar surface area (TPSA) is 34.1 Å². The molecule has 0 aromatic rings. The zero-order chi connectivity index (χ0) is 9.14. The third-order valence-corrected chi connectivity index (χ3v) is 2.74. The van der Waals surface area contributed by atoms with Crippen LogP contribution in [-0.2, 0) is 9.59 Å². The van der Waals surface area contributed by atoms with Gasteiger partial charge in [0, 0.05) is 12.8 Å². The van der Waals surface area contributed by atoms with Gasteiger partial charge < -0.3 is 0 Å². The standard InChI is InChI=1S/C10H16O2/c1-3-7-5-9(11)8(4-2)10(12)6-7/h7-8H,3-6H2,1-2H3. The van der Waals surface area contributed by atoms with E-state index in [9.17, 15) is 9.59 Å². The Morgan fingerprint density at radius 1 is 1.08 bits per heavy atom. The second-order valence-electron chi connectivity index (χ2n) is 3.58. The fourth-order valence-corrected chi connectivity index (χ4v) is 1.85. The van der Waals surface area contributed by atoms with Gasteiger partial charge in [-0.05, 0) is 12.3 Å². The van der Waals surface area contributed by atoms with Gasteiger partial charge in [-0.25, -0.2) is 0 Å². The molecule has 0 N–H and O–H groups in total. The molecule has 68 valence electrons. The lowest BCUT2D eigenvalue weighted by molar-refractivity contribution is -0.137. The van der Waals surface area contributed by atoms with Crippen molar-refractivity contribution in [2.75, 3.05) is 0 Å². The van der Waals surface area contributed by atoms with Crippen molar-refractivity contribution < 1.29 is 9.59 Å². The summed E-state index contributed by atoms with van der Waals surface area (Å²) in [5.74, 6) is 0.391. The average Bonchev–Trinajstić information content (AvgIpc) is 2.03. The first-order valence-corrected chi connectivity index (χ1v) is 4.74. The number of rotatable bonds is 2. The van der Waals surface area contributed by atoms with Crippen molar-refractivity contribution in [1.29, 1.82) is 0 Å². The molecule has 0 heterocycles. The molecule has 12 heavy (non-hydrogen) atoms. The Bertz CT molecular complexity index is 178. The molecule has 0 saturated heterocycles. The summed E-state index contributed by atoms with van der Waals surface area (Å²) in [6.07, 6.45) is 2.89. The molecule has 1 aliphatic carbocycles. The highest BCUT2D eigenvalue weighted by atomic mass is 16.2. The van der Waals surface area contributed by atoms with Crippen LogP contribution < -0.4 is 0 Å². The summed E-state index contributed by atoms with van der Waals surface area (Å²) in [5.41, 5.74) is 0. The van der Waals surface area contributed by atoms with E-state index in [2.05, 4.69) is 0 Å². The van der Waals surface area contributed by atoms with Crippen LogP contribution in [0.1, 0.15) is 39.5 Å². The van der Waals surface area contributed by atoms with Crippen LogP contribution in [-0.4, -0.2) is 11.6 Å². The van der Waals surface area contributed by atoms with Crippen molar-refractivity contribution in [2.24, 2.45) is 11.8 Å². The molecule has 0 spiro atoms. The van der Waals surface area contributed by atoms with Crippen molar-refractivity contribution in [3.8, 4) is 0 Å². The maximum Gasteiger partial charge on any atom is 0.143 e. The zero-order valence-corrected chi connectivity index (χ0v) is 7.80. The average molecular weight is 168 g/mol. The normalized spacial score (nSPS) is 30.8. The van der Waals surface area contributed by atoms with Gasteiger partial charge in [0.1, 0.15) is 11.6 Å². The molecule has 0 amide bonds. The summed E-state index contributed by atoms with van der Waals surface area (Å²) in [4.78, 5) is 22.8. The first-order valence-electron chi connectivity index (χ1n) is 4.74. The van der Waals surface area contributed by atoms with Crippen LogP contribution in [0.5, 0.6) is 0 Å². The summed E-state index contributed by atoms with van der Waals surface area (Å²) in [6.45, 7) is 3.95. The number of hydrogen-bond donors (Lipinski definition) is 0. The quantitative estimate of drug-likeness (QED) is 0.591. The van der Waals surface area contributed by atoms with E-state index in [4.69, 9.17) is 0 Å². The molecule has 1 rings (SSSR count). The minimum absolute atomic E-state index is 0.167. The first-order chi connectivity index (χ1) is 5.69. The highest BCUT2D eigenvalue weighted by Crippen LogP contribution is 2.26. The number of hydrogen-bond acceptors (Lipinski definition) is 2. The Labute approximate surface area is 73.3 Å². The molecule has 1 aliphatic rings. The molecule has 0 aromatic carbocycles. The molecule has 0 aromatic heterocycles. The van der Waals surface area contributed by atoms with E-state index in [1.807, 2.05) is 13.8 Å². The van der Waals surface area contributed by atoms with Gasteiger partial charge >= 0.3 is 0 Å². The Hall–Kier alpha value is -0.660. The van der Waals surface area contributed by atoms with Gasteiger partial charge in [0.2, 0.25) is 0 Å². The van der Waals surface area contributed by atoms with Crippen molar-refractivity contribution in [3.63, 3.8) is 0 Å². The van der Waals surface area contributed by atoms with Crippen LogP contribution in [0, 0.1) is 11.8 Å². The van der Waals surface area contributed by atoms with E-state index < -0.39 is 0 Å². The van der Waals surface area contributed by atoms with Crippen molar-refractivity contribution in [1.82, 2.24) is 0 Å². The lowest BCUT2D eigenvalue weighted by atomic mass is 9.78. The summed E-state index contributed by atoms with van der Waals surface area (Å²) < 4.78 is 0. The van der Waals surface area contributed by atoms with Crippen molar-refractivity contribution in [3.05, 3.63) is 0 Å². The number of ketones is 2. The van der Waals surface area contributed by atoms with E-state index >= 15 is 0 Å². The van der Waals surface area contributed by atoms with Gasteiger partial charge in [0.05, 0.1) is 5.92 Å². The molecule has 1 fully saturated rings.